The minimum absolute atomic E-state index is 0.0308. The Hall–Kier alpha value is -3.36. The van der Waals surface area contributed by atoms with E-state index in [1.165, 1.54) is 24.3 Å². The van der Waals surface area contributed by atoms with Crippen LogP contribution in [0.4, 0.5) is 22.7 Å². The van der Waals surface area contributed by atoms with Crippen molar-refractivity contribution >= 4 is 22.7 Å². The molecule has 118 valence electrons. The molecule has 1 N–H and O–H groups in total. The van der Waals surface area contributed by atoms with Gasteiger partial charge in [-0.2, -0.15) is 0 Å². The lowest BCUT2D eigenvalue weighted by Gasteiger charge is -2.04. The molecule has 0 radical (unpaired) electrons. The Labute approximate surface area is 130 Å². The summed E-state index contributed by atoms with van der Waals surface area (Å²) in [7, 11) is 0. The van der Waals surface area contributed by atoms with Gasteiger partial charge in [-0.05, 0) is 26.0 Å². The van der Waals surface area contributed by atoms with Crippen molar-refractivity contribution < 1.29 is 9.85 Å². The third kappa shape index (κ3) is 3.46. The van der Waals surface area contributed by atoms with E-state index in [0.717, 1.165) is 0 Å². The molecule has 2 aromatic rings. The summed E-state index contributed by atoms with van der Waals surface area (Å²) in [5.41, 5.74) is 4.13. The molecule has 0 aliphatic rings. The summed E-state index contributed by atoms with van der Waals surface area (Å²) in [5.74, 6) is 0. The molecule has 2 rings (SSSR count). The topological polar surface area (TPSA) is 123 Å². The molecule has 0 bridgehead atoms. The van der Waals surface area contributed by atoms with E-state index < -0.39 is 9.85 Å². The van der Waals surface area contributed by atoms with Gasteiger partial charge in [-0.3, -0.25) is 25.7 Å². The van der Waals surface area contributed by atoms with Gasteiger partial charge in [0.1, 0.15) is 0 Å². The minimum Gasteiger partial charge on any atom is -0.259 e. The summed E-state index contributed by atoms with van der Waals surface area (Å²) in [6, 6.07) is 9.03. The average Bonchev–Trinajstić information content (AvgIpc) is 2.50. The van der Waals surface area contributed by atoms with Crippen molar-refractivity contribution in [3.8, 4) is 0 Å². The Morgan fingerprint density at radius 2 is 1.48 bits per heavy atom. The number of nitro groups is 2. The van der Waals surface area contributed by atoms with Crippen LogP contribution >= 0.6 is 0 Å². The highest BCUT2D eigenvalue weighted by Gasteiger charge is 2.14. The zero-order chi connectivity index (χ0) is 17.0. The summed E-state index contributed by atoms with van der Waals surface area (Å²) in [5, 5.41) is 29.4. The number of nitro benzene ring substituents is 2. The molecule has 0 spiro atoms. The maximum absolute atomic E-state index is 10.9. The monoisotopic (exact) mass is 315 g/mol. The van der Waals surface area contributed by atoms with E-state index in [-0.39, 0.29) is 11.4 Å². The number of nitrogens with zero attached hydrogens (tertiary/aromatic N) is 4. The molecular formula is C14H13N5O4. The van der Waals surface area contributed by atoms with Crippen LogP contribution in [0.25, 0.3) is 0 Å². The minimum atomic E-state index is -0.494. The first-order valence-electron chi connectivity index (χ1n) is 6.56. The van der Waals surface area contributed by atoms with E-state index in [2.05, 4.69) is 15.8 Å². The van der Waals surface area contributed by atoms with Crippen LogP contribution in [0.5, 0.6) is 0 Å². The molecule has 9 nitrogen and oxygen atoms in total. The van der Waals surface area contributed by atoms with Gasteiger partial charge in [0.05, 0.1) is 32.3 Å². The van der Waals surface area contributed by atoms with E-state index in [1.807, 2.05) is 0 Å². The van der Waals surface area contributed by atoms with Gasteiger partial charge in [-0.1, -0.05) is 17.4 Å². The lowest BCUT2D eigenvalue weighted by atomic mass is 10.1. The third-order valence-electron chi connectivity index (χ3n) is 3.30. The molecule has 0 aliphatic carbocycles. The predicted molar refractivity (Wildman–Crippen MR) is 83.8 cm³/mol. The van der Waals surface area contributed by atoms with Gasteiger partial charge in [0.25, 0.3) is 11.4 Å². The van der Waals surface area contributed by atoms with Crippen LogP contribution in [-0.2, 0) is 0 Å². The van der Waals surface area contributed by atoms with Crippen molar-refractivity contribution in [2.24, 2.45) is 10.3 Å². The molecule has 0 aromatic heterocycles. The Morgan fingerprint density at radius 1 is 0.913 bits per heavy atom. The molecule has 0 atom stereocenters. The van der Waals surface area contributed by atoms with Gasteiger partial charge < -0.3 is 0 Å². The second-order valence-electron chi connectivity index (χ2n) is 4.70. The Kier molecular flexibility index (Phi) is 4.60. The molecule has 0 saturated heterocycles. The van der Waals surface area contributed by atoms with Crippen LogP contribution in [0.3, 0.4) is 0 Å². The first kappa shape index (κ1) is 16.0. The van der Waals surface area contributed by atoms with Crippen LogP contribution in [0.2, 0.25) is 0 Å². The van der Waals surface area contributed by atoms with Gasteiger partial charge in [0.15, 0.2) is 0 Å². The summed E-state index contributed by atoms with van der Waals surface area (Å²) in [6.45, 7) is 3.17. The van der Waals surface area contributed by atoms with Gasteiger partial charge in [0.2, 0.25) is 0 Å². The van der Waals surface area contributed by atoms with E-state index >= 15 is 0 Å². The van der Waals surface area contributed by atoms with Crippen LogP contribution in [0, 0.1) is 34.1 Å². The number of benzene rings is 2. The first-order chi connectivity index (χ1) is 10.9. The first-order valence-corrected chi connectivity index (χ1v) is 6.56. The number of hydrogen-bond donors (Lipinski definition) is 1. The Morgan fingerprint density at radius 3 is 2.09 bits per heavy atom. The molecule has 0 aliphatic heterocycles. The predicted octanol–water partition coefficient (Wildman–Crippen LogP) is 4.23. The van der Waals surface area contributed by atoms with E-state index in [4.69, 9.17) is 0 Å². The molecule has 9 heteroatoms. The number of hydrogen-bond acceptors (Lipinski definition) is 6. The summed E-state index contributed by atoms with van der Waals surface area (Å²) >= 11 is 0. The van der Waals surface area contributed by atoms with Crippen molar-refractivity contribution in [3.63, 3.8) is 0 Å². The highest BCUT2D eigenvalue weighted by Crippen LogP contribution is 2.28. The van der Waals surface area contributed by atoms with Gasteiger partial charge in [0, 0.05) is 12.1 Å². The Bertz CT molecular complexity index is 804. The van der Waals surface area contributed by atoms with E-state index in [1.54, 1.807) is 26.0 Å². The maximum Gasteiger partial charge on any atom is 0.274 e. The molecule has 23 heavy (non-hydrogen) atoms. The largest absolute Gasteiger partial charge is 0.274 e. The molecule has 0 fully saturated rings. The van der Waals surface area contributed by atoms with Crippen molar-refractivity contribution in [3.05, 3.63) is 67.8 Å². The zero-order valence-electron chi connectivity index (χ0n) is 12.4. The van der Waals surface area contributed by atoms with Crippen molar-refractivity contribution in [2.75, 3.05) is 5.43 Å². The summed E-state index contributed by atoms with van der Waals surface area (Å²) < 4.78 is 0. The third-order valence-corrected chi connectivity index (χ3v) is 3.30. The highest BCUT2D eigenvalue weighted by molar-refractivity contribution is 5.59. The van der Waals surface area contributed by atoms with Crippen LogP contribution in [-0.4, -0.2) is 9.85 Å². The fourth-order valence-corrected chi connectivity index (χ4v) is 1.99. The van der Waals surface area contributed by atoms with Crippen molar-refractivity contribution in [1.29, 1.82) is 0 Å². The molecule has 0 heterocycles. The SMILES string of the molecule is Cc1c(N=NNc2cccc([N+](=O)[O-])c2C)cccc1[N+](=O)[O-]. The number of rotatable bonds is 5. The van der Waals surface area contributed by atoms with Crippen molar-refractivity contribution in [2.45, 2.75) is 13.8 Å². The zero-order valence-corrected chi connectivity index (χ0v) is 12.4. The quantitative estimate of drug-likeness (QED) is 0.502. The van der Waals surface area contributed by atoms with E-state index in [0.29, 0.717) is 22.5 Å². The summed E-state index contributed by atoms with van der Waals surface area (Å²) in [4.78, 5) is 20.8. The second-order valence-corrected chi connectivity index (χ2v) is 4.70. The van der Waals surface area contributed by atoms with Crippen LogP contribution in [0.15, 0.2) is 46.7 Å². The van der Waals surface area contributed by atoms with Crippen LogP contribution in [0.1, 0.15) is 11.1 Å². The highest BCUT2D eigenvalue weighted by atomic mass is 16.6. The smallest absolute Gasteiger partial charge is 0.259 e. The lowest BCUT2D eigenvalue weighted by molar-refractivity contribution is -0.385. The number of nitrogens with one attached hydrogen (secondary N) is 1. The lowest BCUT2D eigenvalue weighted by Crippen LogP contribution is -1.96. The maximum atomic E-state index is 10.9. The average molecular weight is 315 g/mol. The molecule has 0 amide bonds. The normalized spacial score (nSPS) is 10.7. The van der Waals surface area contributed by atoms with Gasteiger partial charge in [-0.25, -0.2) is 0 Å². The summed E-state index contributed by atoms with van der Waals surface area (Å²) in [6.07, 6.45) is 0. The van der Waals surface area contributed by atoms with Gasteiger partial charge in [-0.15, -0.1) is 5.11 Å². The fourth-order valence-electron chi connectivity index (χ4n) is 1.99. The molecule has 0 unspecified atom stereocenters. The molecular weight excluding hydrogens is 302 g/mol. The van der Waals surface area contributed by atoms with Crippen LogP contribution < -0.4 is 5.43 Å². The fraction of sp³-hybridized carbons (Fsp3) is 0.143. The number of anilines is 1. The van der Waals surface area contributed by atoms with Gasteiger partial charge >= 0.3 is 0 Å². The molecule has 0 saturated carbocycles. The standard InChI is InChI=1S/C14H13N5O4/c1-9-11(5-3-7-13(9)18(20)21)15-17-16-12-6-4-8-14(10(12)2)19(22)23/h3-8H,1-2H3,(H,15,16). The van der Waals surface area contributed by atoms with E-state index in [9.17, 15) is 20.2 Å². The Balaban J connectivity index is 2.24. The molecule has 2 aromatic carbocycles. The van der Waals surface area contributed by atoms with Crippen molar-refractivity contribution in [1.82, 2.24) is 0 Å². The second kappa shape index (κ2) is 6.60.